The number of hydrogen-bond acceptors (Lipinski definition) is 8. The fourth-order valence-corrected chi connectivity index (χ4v) is 4.43. The first-order chi connectivity index (χ1) is 19.2. The van der Waals surface area contributed by atoms with E-state index in [1.807, 2.05) is 36.4 Å². The first kappa shape index (κ1) is 27.8. The Morgan fingerprint density at radius 2 is 1.73 bits per heavy atom. The van der Waals surface area contributed by atoms with Crippen molar-refractivity contribution in [3.8, 4) is 23.3 Å². The zero-order valence-corrected chi connectivity index (χ0v) is 22.7. The molecule has 40 heavy (non-hydrogen) atoms. The molecular formula is C29H20BrN3O7. The van der Waals surface area contributed by atoms with E-state index >= 15 is 0 Å². The van der Waals surface area contributed by atoms with E-state index in [2.05, 4.69) is 21.2 Å². The second-order valence-electron chi connectivity index (χ2n) is 8.22. The van der Waals surface area contributed by atoms with Gasteiger partial charge in [-0.05, 0) is 62.6 Å². The molecule has 0 heterocycles. The molecule has 200 valence electrons. The first-order valence-electron chi connectivity index (χ1n) is 11.6. The molecule has 0 aliphatic heterocycles. The number of non-ortho nitro benzene ring substituents is 1. The van der Waals surface area contributed by atoms with E-state index in [0.29, 0.717) is 15.6 Å². The van der Waals surface area contributed by atoms with Gasteiger partial charge in [-0.15, -0.1) is 0 Å². The van der Waals surface area contributed by atoms with Gasteiger partial charge >= 0.3 is 5.97 Å². The van der Waals surface area contributed by atoms with Crippen molar-refractivity contribution in [2.24, 2.45) is 0 Å². The number of esters is 1. The van der Waals surface area contributed by atoms with Crippen molar-refractivity contribution in [3.05, 3.63) is 104 Å². The Morgan fingerprint density at radius 1 is 1.00 bits per heavy atom. The lowest BCUT2D eigenvalue weighted by Crippen LogP contribution is -2.14. The summed E-state index contributed by atoms with van der Waals surface area (Å²) in [5.41, 5.74) is 0.212. The number of nitriles is 1. The summed E-state index contributed by atoms with van der Waals surface area (Å²) in [5.74, 6) is -0.947. The van der Waals surface area contributed by atoms with Crippen molar-refractivity contribution in [1.82, 2.24) is 0 Å². The Kier molecular flexibility index (Phi) is 8.42. The fraction of sp³-hybridized carbons (Fsp3) is 0.0690. The highest BCUT2D eigenvalue weighted by molar-refractivity contribution is 9.10. The topological polar surface area (TPSA) is 141 Å². The molecule has 4 aromatic carbocycles. The van der Waals surface area contributed by atoms with Crippen LogP contribution in [0.3, 0.4) is 0 Å². The number of nitrogens with one attached hydrogen (secondary N) is 1. The van der Waals surface area contributed by atoms with Gasteiger partial charge in [0.25, 0.3) is 11.6 Å². The van der Waals surface area contributed by atoms with E-state index < -0.39 is 16.8 Å². The number of amides is 1. The summed E-state index contributed by atoms with van der Waals surface area (Å²) in [6.07, 6.45) is 1.29. The molecule has 4 aromatic rings. The largest absolute Gasteiger partial charge is 0.495 e. The van der Waals surface area contributed by atoms with Crippen LogP contribution in [0.4, 0.5) is 11.4 Å². The van der Waals surface area contributed by atoms with Gasteiger partial charge in [0.1, 0.15) is 17.4 Å². The van der Waals surface area contributed by atoms with E-state index in [0.717, 1.165) is 16.8 Å². The Hall–Kier alpha value is -5.21. The van der Waals surface area contributed by atoms with Crippen molar-refractivity contribution in [3.63, 3.8) is 0 Å². The maximum absolute atomic E-state index is 13.1. The van der Waals surface area contributed by atoms with Crippen LogP contribution in [0.1, 0.15) is 15.9 Å². The van der Waals surface area contributed by atoms with Crippen LogP contribution >= 0.6 is 15.9 Å². The molecule has 0 saturated heterocycles. The highest BCUT2D eigenvalue weighted by Crippen LogP contribution is 2.38. The zero-order chi connectivity index (χ0) is 28.8. The molecule has 10 nitrogen and oxygen atoms in total. The second-order valence-corrected chi connectivity index (χ2v) is 9.07. The van der Waals surface area contributed by atoms with E-state index in [9.17, 15) is 25.0 Å². The molecule has 1 N–H and O–H groups in total. The summed E-state index contributed by atoms with van der Waals surface area (Å²) in [6, 6.07) is 21.3. The number of nitrogens with zero attached hydrogens (tertiary/aromatic N) is 2. The molecule has 1 amide bonds. The third-order valence-corrected chi connectivity index (χ3v) is 6.36. The number of carbonyl (C=O) groups is 2. The number of fused-ring (bicyclic) bond motifs is 1. The number of ether oxygens (including phenoxy) is 3. The number of rotatable bonds is 8. The van der Waals surface area contributed by atoms with Gasteiger partial charge in [0.05, 0.1) is 34.9 Å². The molecule has 0 radical (unpaired) electrons. The maximum Gasteiger partial charge on any atom is 0.344 e. The molecule has 0 unspecified atom stereocenters. The van der Waals surface area contributed by atoms with Crippen LogP contribution in [-0.4, -0.2) is 31.0 Å². The summed E-state index contributed by atoms with van der Waals surface area (Å²) in [6.45, 7) is 0. The van der Waals surface area contributed by atoms with E-state index in [1.165, 1.54) is 38.5 Å². The molecule has 0 bridgehead atoms. The average Bonchev–Trinajstić information content (AvgIpc) is 2.96. The third-order valence-electron chi connectivity index (χ3n) is 5.77. The molecule has 11 heteroatoms. The molecule has 0 spiro atoms. The fourth-order valence-electron chi connectivity index (χ4n) is 3.89. The quantitative estimate of drug-likeness (QED) is 0.0620. The standard InChI is InChI=1S/C29H20BrN3O7/c1-38-25-11-10-20(33(36)37)15-24(25)32-28(34)19(16-31)12-17-13-23(30)27(26(14-17)39-2)40-29(35)22-9-5-7-18-6-3-4-8-21(18)22/h3-15H,1-2H3,(H,32,34)/b19-12+. The van der Waals surface area contributed by atoms with Crippen LogP contribution < -0.4 is 19.5 Å². The van der Waals surface area contributed by atoms with Gasteiger partial charge in [-0.3, -0.25) is 14.9 Å². The first-order valence-corrected chi connectivity index (χ1v) is 12.4. The van der Waals surface area contributed by atoms with Gasteiger partial charge < -0.3 is 19.5 Å². The predicted molar refractivity (Wildman–Crippen MR) is 151 cm³/mol. The number of nitro benzene ring substituents is 1. The van der Waals surface area contributed by atoms with Crippen LogP contribution in [0.25, 0.3) is 16.8 Å². The smallest absolute Gasteiger partial charge is 0.344 e. The minimum Gasteiger partial charge on any atom is -0.495 e. The second kappa shape index (κ2) is 12.1. The van der Waals surface area contributed by atoms with Crippen molar-refractivity contribution in [1.29, 1.82) is 5.26 Å². The number of halogens is 1. The summed E-state index contributed by atoms with van der Waals surface area (Å²) < 4.78 is 16.6. The Morgan fingerprint density at radius 3 is 2.42 bits per heavy atom. The summed E-state index contributed by atoms with van der Waals surface area (Å²) in [4.78, 5) is 36.5. The van der Waals surface area contributed by atoms with Crippen molar-refractivity contribution >= 4 is 56.0 Å². The lowest BCUT2D eigenvalue weighted by atomic mass is 10.0. The van der Waals surface area contributed by atoms with Crippen molar-refractivity contribution in [2.75, 3.05) is 19.5 Å². The van der Waals surface area contributed by atoms with E-state index in [4.69, 9.17) is 14.2 Å². The highest BCUT2D eigenvalue weighted by atomic mass is 79.9. The molecule has 0 atom stereocenters. The minimum absolute atomic E-state index is 0.0253. The van der Waals surface area contributed by atoms with Gasteiger partial charge in [-0.25, -0.2) is 4.79 Å². The zero-order valence-electron chi connectivity index (χ0n) is 21.1. The summed E-state index contributed by atoms with van der Waals surface area (Å²) in [7, 11) is 2.73. The summed E-state index contributed by atoms with van der Waals surface area (Å²) in [5, 5.41) is 24.9. The van der Waals surface area contributed by atoms with Crippen LogP contribution in [-0.2, 0) is 4.79 Å². The predicted octanol–water partition coefficient (Wildman–Crippen LogP) is 6.29. The number of anilines is 1. The van der Waals surface area contributed by atoms with Gasteiger partial charge in [-0.2, -0.15) is 5.26 Å². The number of hydrogen-bond donors (Lipinski definition) is 1. The van der Waals surface area contributed by atoms with E-state index in [-0.39, 0.29) is 34.2 Å². The molecule has 0 aliphatic rings. The molecular weight excluding hydrogens is 582 g/mol. The van der Waals surface area contributed by atoms with Gasteiger partial charge in [0, 0.05) is 12.1 Å². The van der Waals surface area contributed by atoms with Crippen LogP contribution in [0, 0.1) is 21.4 Å². The Labute approximate surface area is 236 Å². The monoisotopic (exact) mass is 601 g/mol. The molecule has 0 aromatic heterocycles. The van der Waals surface area contributed by atoms with Crippen LogP contribution in [0.5, 0.6) is 17.2 Å². The number of benzene rings is 4. The summed E-state index contributed by atoms with van der Waals surface area (Å²) >= 11 is 3.38. The van der Waals surface area contributed by atoms with Gasteiger partial charge in [0.15, 0.2) is 11.5 Å². The number of nitro groups is 1. The normalized spacial score (nSPS) is 10.9. The third kappa shape index (κ3) is 5.92. The molecule has 0 fully saturated rings. The van der Waals surface area contributed by atoms with Crippen molar-refractivity contribution < 1.29 is 28.7 Å². The lowest BCUT2D eigenvalue weighted by molar-refractivity contribution is -0.384. The van der Waals surface area contributed by atoms with E-state index in [1.54, 1.807) is 18.2 Å². The van der Waals surface area contributed by atoms with Crippen LogP contribution in [0.2, 0.25) is 0 Å². The minimum atomic E-state index is -0.817. The molecule has 0 saturated carbocycles. The van der Waals surface area contributed by atoms with Crippen LogP contribution in [0.15, 0.2) is 82.8 Å². The molecule has 4 rings (SSSR count). The van der Waals surface area contributed by atoms with Gasteiger partial charge in [-0.1, -0.05) is 36.4 Å². The highest BCUT2D eigenvalue weighted by Gasteiger charge is 2.20. The molecule has 0 aliphatic carbocycles. The average molecular weight is 602 g/mol. The Bertz CT molecular complexity index is 1720. The van der Waals surface area contributed by atoms with Crippen molar-refractivity contribution in [2.45, 2.75) is 0 Å². The SMILES string of the molecule is COc1ccc([N+](=O)[O-])cc1NC(=O)/C(C#N)=C/c1cc(Br)c(OC(=O)c2cccc3ccccc23)c(OC)c1. The maximum atomic E-state index is 13.1. The van der Waals surface area contributed by atoms with Gasteiger partial charge in [0.2, 0.25) is 0 Å². The Balaban J connectivity index is 1.62. The number of methoxy groups -OCH3 is 2. The lowest BCUT2D eigenvalue weighted by Gasteiger charge is -2.13. The number of carbonyl (C=O) groups excluding carboxylic acids is 2.